The smallest absolute Gasteiger partial charge is 0.307 e. The Balaban J connectivity index is 1.53. The van der Waals surface area contributed by atoms with Gasteiger partial charge in [-0.2, -0.15) is 4.98 Å². The molecule has 7 nitrogen and oxygen atoms in total. The van der Waals surface area contributed by atoms with Crippen LogP contribution in [0, 0.1) is 5.92 Å². The van der Waals surface area contributed by atoms with Crippen molar-refractivity contribution in [1.29, 1.82) is 0 Å². The van der Waals surface area contributed by atoms with Crippen molar-refractivity contribution in [2.75, 3.05) is 7.11 Å². The molecule has 2 saturated carbocycles. The van der Waals surface area contributed by atoms with E-state index in [0.29, 0.717) is 30.4 Å². The molecule has 1 aromatic rings. The molecule has 3 rings (SSSR count). The summed E-state index contributed by atoms with van der Waals surface area (Å²) in [6.07, 6.45) is 15.0. The highest BCUT2D eigenvalue weighted by Crippen LogP contribution is 2.31. The largest absolute Gasteiger partial charge is 0.460 e. The lowest BCUT2D eigenvalue weighted by Gasteiger charge is -2.27. The molecule has 2 fully saturated rings. The Morgan fingerprint density at radius 1 is 1.12 bits per heavy atom. The summed E-state index contributed by atoms with van der Waals surface area (Å²) in [6, 6.07) is 0.464. The first-order valence-electron chi connectivity index (χ1n) is 13.1. The Labute approximate surface area is 199 Å². The number of ether oxygens (including phenoxy) is 2. The lowest BCUT2D eigenvalue weighted by Crippen LogP contribution is -2.34. The zero-order valence-electron chi connectivity index (χ0n) is 21.2. The molecule has 2 aliphatic carbocycles. The van der Waals surface area contributed by atoms with Crippen LogP contribution in [0.25, 0.3) is 0 Å². The SMILES string of the molecule is COC1CCC(NCc2noc(C(CCCC3CCCCC3)CC(=O)OC(C)(C)C)n2)CC1. The Morgan fingerprint density at radius 3 is 2.52 bits per heavy atom. The van der Waals surface area contributed by atoms with E-state index in [1.165, 1.54) is 38.5 Å². The average molecular weight is 464 g/mol. The van der Waals surface area contributed by atoms with Gasteiger partial charge < -0.3 is 19.3 Å². The molecule has 0 amide bonds. The van der Waals surface area contributed by atoms with E-state index in [1.54, 1.807) is 7.11 Å². The van der Waals surface area contributed by atoms with Gasteiger partial charge in [0.05, 0.1) is 19.1 Å². The summed E-state index contributed by atoms with van der Waals surface area (Å²) in [5.74, 6) is 1.79. The molecule has 0 aliphatic heterocycles. The molecular weight excluding hydrogens is 418 g/mol. The highest BCUT2D eigenvalue weighted by molar-refractivity contribution is 5.70. The topological polar surface area (TPSA) is 86.5 Å². The summed E-state index contributed by atoms with van der Waals surface area (Å²) in [5, 5.41) is 7.77. The summed E-state index contributed by atoms with van der Waals surface area (Å²) in [4.78, 5) is 17.2. The number of rotatable bonds is 11. The highest BCUT2D eigenvalue weighted by atomic mass is 16.6. The van der Waals surface area contributed by atoms with Crippen LogP contribution >= 0.6 is 0 Å². The van der Waals surface area contributed by atoms with E-state index in [2.05, 4.69) is 15.5 Å². The van der Waals surface area contributed by atoms with Gasteiger partial charge in [0.25, 0.3) is 0 Å². The predicted molar refractivity (Wildman–Crippen MR) is 128 cm³/mol. The minimum absolute atomic E-state index is 0.0816. The number of nitrogens with zero attached hydrogens (tertiary/aromatic N) is 2. The van der Waals surface area contributed by atoms with Gasteiger partial charge >= 0.3 is 5.97 Å². The first kappa shape index (κ1) is 26.1. The van der Waals surface area contributed by atoms with Gasteiger partial charge in [0.15, 0.2) is 5.82 Å². The van der Waals surface area contributed by atoms with E-state index in [1.807, 2.05) is 20.8 Å². The number of hydrogen-bond donors (Lipinski definition) is 1. The number of methoxy groups -OCH3 is 1. The molecule has 0 spiro atoms. The van der Waals surface area contributed by atoms with Crippen LogP contribution in [0.1, 0.15) is 122 Å². The van der Waals surface area contributed by atoms with Crippen LogP contribution in [-0.4, -0.2) is 41.0 Å². The van der Waals surface area contributed by atoms with Crippen molar-refractivity contribution >= 4 is 5.97 Å². The highest BCUT2D eigenvalue weighted by Gasteiger charge is 2.27. The second kappa shape index (κ2) is 12.8. The summed E-state index contributed by atoms with van der Waals surface area (Å²) < 4.78 is 16.7. The van der Waals surface area contributed by atoms with E-state index < -0.39 is 5.60 Å². The van der Waals surface area contributed by atoms with Crippen molar-refractivity contribution < 1.29 is 18.8 Å². The van der Waals surface area contributed by atoms with Crippen molar-refractivity contribution in [2.45, 2.75) is 134 Å². The van der Waals surface area contributed by atoms with Gasteiger partial charge in [-0.25, -0.2) is 0 Å². The lowest BCUT2D eigenvalue weighted by molar-refractivity contribution is -0.155. The predicted octanol–water partition coefficient (Wildman–Crippen LogP) is 5.68. The zero-order chi connectivity index (χ0) is 23.7. The molecule has 33 heavy (non-hydrogen) atoms. The quantitative estimate of drug-likeness (QED) is 0.422. The first-order chi connectivity index (χ1) is 15.8. The van der Waals surface area contributed by atoms with Crippen molar-refractivity contribution in [3.63, 3.8) is 0 Å². The molecule has 0 radical (unpaired) electrons. The van der Waals surface area contributed by atoms with Crippen molar-refractivity contribution in [1.82, 2.24) is 15.5 Å². The minimum atomic E-state index is -0.491. The molecule has 0 bridgehead atoms. The summed E-state index contributed by atoms with van der Waals surface area (Å²) in [5.41, 5.74) is -0.491. The maximum absolute atomic E-state index is 12.6. The molecule has 7 heteroatoms. The maximum Gasteiger partial charge on any atom is 0.307 e. The van der Waals surface area contributed by atoms with Crippen molar-refractivity contribution in [2.24, 2.45) is 5.92 Å². The fourth-order valence-electron chi connectivity index (χ4n) is 5.27. The molecule has 2 aliphatic rings. The third kappa shape index (κ3) is 9.36. The maximum atomic E-state index is 12.6. The van der Waals surface area contributed by atoms with E-state index in [9.17, 15) is 4.79 Å². The van der Waals surface area contributed by atoms with Crippen LogP contribution in [0.2, 0.25) is 0 Å². The van der Waals surface area contributed by atoms with Crippen molar-refractivity contribution in [3.05, 3.63) is 11.7 Å². The van der Waals surface area contributed by atoms with Gasteiger partial charge in [-0.15, -0.1) is 0 Å². The fraction of sp³-hybridized carbons (Fsp3) is 0.885. The van der Waals surface area contributed by atoms with Gasteiger partial charge in [-0.05, 0) is 58.8 Å². The number of aromatic nitrogens is 2. The standard InChI is InChI=1S/C26H45N3O4/c1-26(2,3)32-24(30)17-20(12-8-11-19-9-6-5-7-10-19)25-28-23(29-33-25)18-27-21-13-15-22(31-4)16-14-21/h19-22,27H,5-18H2,1-4H3. The molecule has 1 unspecified atom stereocenters. The number of carbonyl (C=O) groups excluding carboxylic acids is 1. The second-order valence-corrected chi connectivity index (χ2v) is 11.1. The normalized spacial score (nSPS) is 23.4. The number of esters is 1. The van der Waals surface area contributed by atoms with Crippen LogP contribution in [-0.2, 0) is 20.8 Å². The second-order valence-electron chi connectivity index (χ2n) is 11.1. The van der Waals surface area contributed by atoms with Gasteiger partial charge in [-0.1, -0.05) is 50.1 Å². The van der Waals surface area contributed by atoms with E-state index in [4.69, 9.17) is 14.0 Å². The van der Waals surface area contributed by atoms with Gasteiger partial charge in [0.1, 0.15) is 5.60 Å². The van der Waals surface area contributed by atoms with E-state index in [-0.39, 0.29) is 18.3 Å². The zero-order valence-corrected chi connectivity index (χ0v) is 21.2. The van der Waals surface area contributed by atoms with E-state index >= 15 is 0 Å². The molecule has 0 aromatic carbocycles. The van der Waals surface area contributed by atoms with Gasteiger partial charge in [0, 0.05) is 19.1 Å². The average Bonchev–Trinajstić information content (AvgIpc) is 3.26. The van der Waals surface area contributed by atoms with Crippen molar-refractivity contribution in [3.8, 4) is 0 Å². The third-order valence-corrected chi connectivity index (χ3v) is 7.11. The van der Waals surface area contributed by atoms with Crippen LogP contribution < -0.4 is 5.32 Å². The Morgan fingerprint density at radius 2 is 1.85 bits per heavy atom. The monoisotopic (exact) mass is 463 g/mol. The molecule has 1 atom stereocenters. The summed E-state index contributed by atoms with van der Waals surface area (Å²) >= 11 is 0. The Hall–Kier alpha value is -1.47. The molecule has 1 N–H and O–H groups in total. The molecule has 1 aromatic heterocycles. The van der Waals surface area contributed by atoms with Gasteiger partial charge in [-0.3, -0.25) is 4.79 Å². The molecule has 0 saturated heterocycles. The van der Waals surface area contributed by atoms with Crippen LogP contribution in [0.3, 0.4) is 0 Å². The third-order valence-electron chi connectivity index (χ3n) is 7.11. The minimum Gasteiger partial charge on any atom is -0.460 e. The summed E-state index contributed by atoms with van der Waals surface area (Å²) in [7, 11) is 1.79. The lowest BCUT2D eigenvalue weighted by atomic mass is 9.84. The van der Waals surface area contributed by atoms with E-state index in [0.717, 1.165) is 44.4 Å². The fourth-order valence-corrected chi connectivity index (χ4v) is 5.27. The molecular formula is C26H45N3O4. The van der Waals surface area contributed by atoms with Crippen LogP contribution in [0.4, 0.5) is 0 Å². The first-order valence-corrected chi connectivity index (χ1v) is 13.1. The van der Waals surface area contributed by atoms with Crippen LogP contribution in [0.5, 0.6) is 0 Å². The number of carbonyl (C=O) groups is 1. The van der Waals surface area contributed by atoms with Crippen LogP contribution in [0.15, 0.2) is 4.52 Å². The summed E-state index contributed by atoms with van der Waals surface area (Å²) in [6.45, 7) is 6.30. The molecule has 188 valence electrons. The number of hydrogen-bond acceptors (Lipinski definition) is 7. The molecule has 1 heterocycles. The Kier molecular flexibility index (Phi) is 10.2. The Bertz CT molecular complexity index is 701. The van der Waals surface area contributed by atoms with Gasteiger partial charge in [0.2, 0.25) is 5.89 Å². The number of nitrogens with one attached hydrogen (secondary N) is 1.